The summed E-state index contributed by atoms with van der Waals surface area (Å²) in [5.74, 6) is -0.204. The van der Waals surface area contributed by atoms with Gasteiger partial charge in [0.1, 0.15) is 5.75 Å². The van der Waals surface area contributed by atoms with Gasteiger partial charge in [0.05, 0.1) is 6.42 Å². The van der Waals surface area contributed by atoms with Crippen LogP contribution in [0.4, 0.5) is 13.2 Å². The predicted molar refractivity (Wildman–Crippen MR) is 45.7 cm³/mol. The van der Waals surface area contributed by atoms with Crippen LogP contribution in [-0.4, -0.2) is 11.3 Å². The van der Waals surface area contributed by atoms with Crippen molar-refractivity contribution in [2.45, 2.75) is 18.6 Å². The first-order chi connectivity index (χ1) is 6.40. The van der Waals surface area contributed by atoms with Gasteiger partial charge in [0.15, 0.2) is 0 Å². The monoisotopic (exact) mass is 205 g/mol. The van der Waals surface area contributed by atoms with Crippen LogP contribution in [0.1, 0.15) is 18.0 Å². The molecule has 14 heavy (non-hydrogen) atoms. The highest BCUT2D eigenvalue weighted by molar-refractivity contribution is 5.34. The molecule has 0 aromatic heterocycles. The van der Waals surface area contributed by atoms with E-state index in [2.05, 4.69) is 0 Å². The van der Waals surface area contributed by atoms with E-state index in [0.29, 0.717) is 0 Å². The summed E-state index contributed by atoms with van der Waals surface area (Å²) in [5, 5.41) is 9.23. The van der Waals surface area contributed by atoms with Gasteiger partial charge in [-0.3, -0.25) is 0 Å². The van der Waals surface area contributed by atoms with Gasteiger partial charge in [0, 0.05) is 11.6 Å². The molecule has 0 aliphatic rings. The molecule has 2 nitrogen and oxygen atoms in total. The molecule has 1 rings (SSSR count). The zero-order chi connectivity index (χ0) is 10.8. The molecule has 0 saturated carbocycles. The second-order valence-electron chi connectivity index (χ2n) is 2.98. The van der Waals surface area contributed by atoms with Crippen molar-refractivity contribution in [3.8, 4) is 5.75 Å². The van der Waals surface area contributed by atoms with Crippen LogP contribution in [0.5, 0.6) is 5.75 Å². The van der Waals surface area contributed by atoms with Gasteiger partial charge in [0.25, 0.3) is 0 Å². The quantitative estimate of drug-likeness (QED) is 0.778. The maximum atomic E-state index is 12.0. The van der Waals surface area contributed by atoms with Crippen LogP contribution in [-0.2, 0) is 0 Å². The smallest absolute Gasteiger partial charge is 0.390 e. The molecule has 0 heterocycles. The molecule has 1 aromatic carbocycles. The van der Waals surface area contributed by atoms with Crippen molar-refractivity contribution in [3.05, 3.63) is 29.8 Å². The van der Waals surface area contributed by atoms with Crippen molar-refractivity contribution in [1.82, 2.24) is 0 Å². The first kappa shape index (κ1) is 10.8. The standard InChI is InChI=1S/C9H10F3NO/c10-9(11,12)5-7(13)6-3-1-2-4-8(6)14/h1-4,7,14H,5,13H2/t7-/m0/s1. The lowest BCUT2D eigenvalue weighted by molar-refractivity contribution is -0.138. The van der Waals surface area contributed by atoms with Gasteiger partial charge >= 0.3 is 6.18 Å². The van der Waals surface area contributed by atoms with E-state index in [1.807, 2.05) is 0 Å². The third-order valence-electron chi connectivity index (χ3n) is 1.79. The second kappa shape index (κ2) is 3.88. The van der Waals surface area contributed by atoms with E-state index in [9.17, 15) is 18.3 Å². The van der Waals surface area contributed by atoms with E-state index < -0.39 is 18.6 Å². The number of benzene rings is 1. The normalized spacial score (nSPS) is 14.0. The van der Waals surface area contributed by atoms with Crippen LogP contribution in [0.15, 0.2) is 24.3 Å². The molecular formula is C9H10F3NO. The van der Waals surface area contributed by atoms with Gasteiger partial charge in [-0.05, 0) is 6.07 Å². The molecule has 1 atom stereocenters. The fourth-order valence-corrected chi connectivity index (χ4v) is 1.16. The maximum absolute atomic E-state index is 12.0. The Morgan fingerprint density at radius 1 is 1.29 bits per heavy atom. The Balaban J connectivity index is 2.80. The number of nitrogens with two attached hydrogens (primary N) is 1. The lowest BCUT2D eigenvalue weighted by Crippen LogP contribution is -2.20. The van der Waals surface area contributed by atoms with Crippen molar-refractivity contribution in [1.29, 1.82) is 0 Å². The van der Waals surface area contributed by atoms with Gasteiger partial charge in [-0.2, -0.15) is 13.2 Å². The lowest BCUT2D eigenvalue weighted by atomic mass is 10.0. The number of halogens is 3. The maximum Gasteiger partial charge on any atom is 0.390 e. The van der Waals surface area contributed by atoms with Gasteiger partial charge in [-0.15, -0.1) is 0 Å². The molecule has 5 heteroatoms. The van der Waals surface area contributed by atoms with Gasteiger partial charge in [-0.25, -0.2) is 0 Å². The first-order valence-electron chi connectivity index (χ1n) is 4.00. The van der Waals surface area contributed by atoms with E-state index in [1.54, 1.807) is 0 Å². The first-order valence-corrected chi connectivity index (χ1v) is 4.00. The van der Waals surface area contributed by atoms with Crippen molar-refractivity contribution in [2.75, 3.05) is 0 Å². The molecular weight excluding hydrogens is 195 g/mol. The number of hydrogen-bond acceptors (Lipinski definition) is 2. The van der Waals surface area contributed by atoms with Crippen LogP contribution >= 0.6 is 0 Å². The molecule has 1 aromatic rings. The molecule has 0 saturated heterocycles. The highest BCUT2D eigenvalue weighted by Crippen LogP contribution is 2.31. The van der Waals surface area contributed by atoms with Gasteiger partial charge < -0.3 is 10.8 Å². The molecule has 0 bridgehead atoms. The molecule has 0 unspecified atom stereocenters. The molecule has 0 fully saturated rings. The van der Waals surface area contributed by atoms with Crippen LogP contribution in [0.3, 0.4) is 0 Å². The zero-order valence-corrected chi connectivity index (χ0v) is 7.25. The van der Waals surface area contributed by atoms with Crippen LogP contribution in [0.2, 0.25) is 0 Å². The third-order valence-corrected chi connectivity index (χ3v) is 1.79. The topological polar surface area (TPSA) is 46.2 Å². The number of para-hydroxylation sites is 1. The van der Waals surface area contributed by atoms with Crippen LogP contribution < -0.4 is 5.73 Å². The average molecular weight is 205 g/mol. The third kappa shape index (κ3) is 2.92. The minimum atomic E-state index is -4.32. The Kier molecular flexibility index (Phi) is 3.00. The summed E-state index contributed by atoms with van der Waals surface area (Å²) in [6.45, 7) is 0. The van der Waals surface area contributed by atoms with Crippen LogP contribution in [0.25, 0.3) is 0 Å². The minimum absolute atomic E-state index is 0.116. The van der Waals surface area contributed by atoms with Gasteiger partial charge in [-0.1, -0.05) is 18.2 Å². The summed E-state index contributed by atoms with van der Waals surface area (Å²) < 4.78 is 35.9. The minimum Gasteiger partial charge on any atom is -0.508 e. The Morgan fingerprint density at radius 3 is 2.36 bits per heavy atom. The highest BCUT2D eigenvalue weighted by Gasteiger charge is 2.31. The molecule has 0 radical (unpaired) electrons. The largest absolute Gasteiger partial charge is 0.508 e. The fourth-order valence-electron chi connectivity index (χ4n) is 1.16. The fraction of sp³-hybridized carbons (Fsp3) is 0.333. The van der Waals surface area contributed by atoms with Crippen molar-refractivity contribution in [2.24, 2.45) is 5.73 Å². The summed E-state index contributed by atoms with van der Waals surface area (Å²) >= 11 is 0. The number of aromatic hydroxyl groups is 1. The Bertz CT molecular complexity index is 311. The van der Waals surface area contributed by atoms with E-state index in [0.717, 1.165) is 0 Å². The number of hydrogen-bond donors (Lipinski definition) is 2. The molecule has 3 N–H and O–H groups in total. The Hall–Kier alpha value is -1.23. The number of alkyl halides is 3. The van der Waals surface area contributed by atoms with Crippen molar-refractivity contribution < 1.29 is 18.3 Å². The molecule has 0 spiro atoms. The number of rotatable bonds is 2. The summed E-state index contributed by atoms with van der Waals surface area (Å²) in [6.07, 6.45) is -5.45. The summed E-state index contributed by atoms with van der Waals surface area (Å²) in [7, 11) is 0. The zero-order valence-electron chi connectivity index (χ0n) is 7.25. The molecule has 78 valence electrons. The van der Waals surface area contributed by atoms with Crippen LogP contribution in [0, 0.1) is 0 Å². The average Bonchev–Trinajstić information content (AvgIpc) is 2.01. The van der Waals surface area contributed by atoms with E-state index >= 15 is 0 Å². The van der Waals surface area contributed by atoms with E-state index in [-0.39, 0.29) is 11.3 Å². The van der Waals surface area contributed by atoms with Gasteiger partial charge in [0.2, 0.25) is 0 Å². The SMILES string of the molecule is N[C@@H](CC(F)(F)F)c1ccccc1O. The molecule has 0 amide bonds. The van der Waals surface area contributed by atoms with Crippen molar-refractivity contribution >= 4 is 0 Å². The van der Waals surface area contributed by atoms with E-state index in [1.165, 1.54) is 24.3 Å². The Labute approximate surface area is 79.2 Å². The highest BCUT2D eigenvalue weighted by atomic mass is 19.4. The number of phenolic OH excluding ortho intramolecular Hbond substituents is 1. The molecule has 0 aliphatic carbocycles. The second-order valence-corrected chi connectivity index (χ2v) is 2.98. The summed E-state index contributed by atoms with van der Waals surface area (Å²) in [6, 6.07) is 4.54. The number of phenols is 1. The molecule has 0 aliphatic heterocycles. The summed E-state index contributed by atoms with van der Waals surface area (Å²) in [4.78, 5) is 0. The predicted octanol–water partition coefficient (Wildman–Crippen LogP) is 2.34. The summed E-state index contributed by atoms with van der Waals surface area (Å²) in [5.41, 5.74) is 5.42. The Morgan fingerprint density at radius 2 is 1.86 bits per heavy atom. The van der Waals surface area contributed by atoms with Crippen molar-refractivity contribution in [3.63, 3.8) is 0 Å². The lowest BCUT2D eigenvalue weighted by Gasteiger charge is -2.15. The van der Waals surface area contributed by atoms with E-state index in [4.69, 9.17) is 5.73 Å².